The van der Waals surface area contributed by atoms with Crippen LogP contribution < -0.4 is 10.1 Å². The lowest BCUT2D eigenvalue weighted by atomic mass is 10.0. The van der Waals surface area contributed by atoms with E-state index in [-0.39, 0.29) is 17.9 Å². The molecule has 1 fully saturated rings. The molecule has 2 aromatic carbocycles. The molecule has 0 radical (unpaired) electrons. The van der Waals surface area contributed by atoms with Gasteiger partial charge in [0.25, 0.3) is 5.91 Å². The van der Waals surface area contributed by atoms with Gasteiger partial charge in [-0.25, -0.2) is 0 Å². The fraction of sp³-hybridized carbons (Fsp3) is 0.391. The van der Waals surface area contributed by atoms with Crippen molar-refractivity contribution in [2.24, 2.45) is 0 Å². The summed E-state index contributed by atoms with van der Waals surface area (Å²) in [6, 6.07) is 15.5. The Morgan fingerprint density at radius 2 is 1.68 bits per heavy atom. The highest BCUT2D eigenvalue weighted by Gasteiger charge is 2.24. The molecule has 28 heavy (non-hydrogen) atoms. The summed E-state index contributed by atoms with van der Waals surface area (Å²) in [5.74, 6) is 0.848. The average molecular weight is 380 g/mol. The predicted octanol–water partition coefficient (Wildman–Crippen LogP) is 3.36. The van der Waals surface area contributed by atoms with Gasteiger partial charge in [0.05, 0.1) is 7.11 Å². The van der Waals surface area contributed by atoms with E-state index in [9.17, 15) is 9.59 Å². The molecule has 3 rings (SSSR count). The molecule has 1 N–H and O–H groups in total. The fourth-order valence-electron chi connectivity index (χ4n) is 3.45. The summed E-state index contributed by atoms with van der Waals surface area (Å²) in [5.41, 5.74) is 3.05. The number of nitrogens with one attached hydrogen (secondary N) is 1. The minimum Gasteiger partial charge on any atom is -0.497 e. The van der Waals surface area contributed by atoms with Crippen LogP contribution in [0.5, 0.6) is 5.75 Å². The van der Waals surface area contributed by atoms with Gasteiger partial charge < -0.3 is 15.0 Å². The Morgan fingerprint density at radius 3 is 2.29 bits per heavy atom. The van der Waals surface area contributed by atoms with E-state index in [0.717, 1.165) is 25.0 Å². The molecule has 1 aliphatic rings. The molecule has 0 unspecified atom stereocenters. The van der Waals surface area contributed by atoms with E-state index in [0.29, 0.717) is 25.1 Å². The number of rotatable bonds is 6. The lowest BCUT2D eigenvalue weighted by molar-refractivity contribution is -0.132. The normalized spacial score (nSPS) is 14.6. The Morgan fingerprint density at radius 1 is 1.04 bits per heavy atom. The number of amides is 2. The first kappa shape index (κ1) is 19.9. The molecule has 1 aliphatic heterocycles. The van der Waals surface area contributed by atoms with Gasteiger partial charge in [0.2, 0.25) is 5.91 Å². The number of ether oxygens (including phenoxy) is 1. The van der Waals surface area contributed by atoms with Crippen molar-refractivity contribution in [1.29, 1.82) is 0 Å². The summed E-state index contributed by atoms with van der Waals surface area (Å²) in [6.45, 7) is 3.45. The topological polar surface area (TPSA) is 58.6 Å². The maximum absolute atomic E-state index is 12.5. The van der Waals surface area contributed by atoms with Gasteiger partial charge in [0.15, 0.2) is 0 Å². The zero-order valence-electron chi connectivity index (χ0n) is 16.6. The molecule has 0 bridgehead atoms. The molecule has 5 nitrogen and oxygen atoms in total. The third-order valence-corrected chi connectivity index (χ3v) is 5.28. The van der Waals surface area contributed by atoms with E-state index < -0.39 is 0 Å². The number of nitrogens with zero attached hydrogens (tertiary/aromatic N) is 1. The number of hydrogen-bond acceptors (Lipinski definition) is 3. The number of aryl methyl sites for hydroxylation is 2. The number of benzene rings is 2. The molecule has 1 saturated heterocycles. The third kappa shape index (κ3) is 5.35. The van der Waals surface area contributed by atoms with Gasteiger partial charge in [-0.2, -0.15) is 0 Å². The van der Waals surface area contributed by atoms with Crippen molar-refractivity contribution in [2.45, 2.75) is 38.6 Å². The molecule has 148 valence electrons. The van der Waals surface area contributed by atoms with Crippen LogP contribution in [0.4, 0.5) is 0 Å². The molecule has 2 aromatic rings. The van der Waals surface area contributed by atoms with Crippen molar-refractivity contribution in [3.8, 4) is 5.75 Å². The molecular formula is C23H28N2O3. The van der Waals surface area contributed by atoms with Crippen LogP contribution in [-0.4, -0.2) is 43.0 Å². The molecule has 0 aliphatic carbocycles. The number of carbonyl (C=O) groups is 2. The van der Waals surface area contributed by atoms with Crippen molar-refractivity contribution in [3.63, 3.8) is 0 Å². The molecule has 0 atom stereocenters. The van der Waals surface area contributed by atoms with Crippen LogP contribution in [0, 0.1) is 6.92 Å². The van der Waals surface area contributed by atoms with Crippen molar-refractivity contribution in [3.05, 3.63) is 65.2 Å². The minimum atomic E-state index is -0.0770. The molecule has 0 aromatic heterocycles. The van der Waals surface area contributed by atoms with Gasteiger partial charge in [0.1, 0.15) is 5.75 Å². The first-order chi connectivity index (χ1) is 13.5. The standard InChI is InChI=1S/C23H28N2O3/c1-17-3-5-18(6-4-17)7-12-22(26)25-15-13-20(14-16-25)24-23(27)19-8-10-21(28-2)11-9-19/h3-6,8-11,20H,7,12-16H2,1-2H3,(H,24,27). The van der Waals surface area contributed by atoms with Crippen LogP contribution in [0.25, 0.3) is 0 Å². The monoisotopic (exact) mass is 380 g/mol. The van der Waals surface area contributed by atoms with Crippen LogP contribution >= 0.6 is 0 Å². The van der Waals surface area contributed by atoms with E-state index in [1.165, 1.54) is 11.1 Å². The van der Waals surface area contributed by atoms with Crippen LogP contribution in [-0.2, 0) is 11.2 Å². The van der Waals surface area contributed by atoms with Gasteiger partial charge in [-0.1, -0.05) is 29.8 Å². The van der Waals surface area contributed by atoms with Gasteiger partial charge >= 0.3 is 0 Å². The second-order valence-electron chi connectivity index (χ2n) is 7.34. The Labute approximate surface area is 166 Å². The summed E-state index contributed by atoms with van der Waals surface area (Å²) >= 11 is 0. The van der Waals surface area contributed by atoms with Crippen molar-refractivity contribution in [2.75, 3.05) is 20.2 Å². The summed E-state index contributed by atoms with van der Waals surface area (Å²) < 4.78 is 5.12. The number of carbonyl (C=O) groups excluding carboxylic acids is 2. The highest BCUT2D eigenvalue weighted by atomic mass is 16.5. The zero-order chi connectivity index (χ0) is 19.9. The van der Waals surface area contributed by atoms with Crippen molar-refractivity contribution < 1.29 is 14.3 Å². The molecular weight excluding hydrogens is 352 g/mol. The Hall–Kier alpha value is -2.82. The van der Waals surface area contributed by atoms with E-state index in [1.54, 1.807) is 31.4 Å². The second-order valence-corrected chi connectivity index (χ2v) is 7.34. The Bertz CT molecular complexity index is 792. The van der Waals surface area contributed by atoms with Crippen molar-refractivity contribution >= 4 is 11.8 Å². The minimum absolute atomic E-state index is 0.0770. The van der Waals surface area contributed by atoms with Crippen molar-refractivity contribution in [1.82, 2.24) is 10.2 Å². The number of likely N-dealkylation sites (tertiary alicyclic amines) is 1. The van der Waals surface area contributed by atoms with E-state index in [2.05, 4.69) is 36.5 Å². The summed E-state index contributed by atoms with van der Waals surface area (Å²) in [5, 5.41) is 3.08. The van der Waals surface area contributed by atoms with Gasteiger partial charge in [-0.3, -0.25) is 9.59 Å². The molecule has 2 amide bonds. The Balaban J connectivity index is 1.42. The predicted molar refractivity (Wildman–Crippen MR) is 110 cm³/mol. The first-order valence-electron chi connectivity index (χ1n) is 9.83. The van der Waals surface area contributed by atoms with Crippen LogP contribution in [0.15, 0.2) is 48.5 Å². The molecule has 5 heteroatoms. The summed E-state index contributed by atoms with van der Waals surface area (Å²) in [4.78, 5) is 26.8. The number of hydrogen-bond donors (Lipinski definition) is 1. The molecule has 1 heterocycles. The largest absolute Gasteiger partial charge is 0.497 e. The smallest absolute Gasteiger partial charge is 0.251 e. The maximum atomic E-state index is 12.5. The number of methoxy groups -OCH3 is 1. The fourth-order valence-corrected chi connectivity index (χ4v) is 3.45. The molecule has 0 spiro atoms. The van der Waals surface area contributed by atoms with Crippen LogP contribution in [0.3, 0.4) is 0 Å². The quantitative estimate of drug-likeness (QED) is 0.836. The van der Waals surface area contributed by atoms with E-state index in [1.807, 2.05) is 4.90 Å². The van der Waals surface area contributed by atoms with Gasteiger partial charge in [-0.15, -0.1) is 0 Å². The molecule has 0 saturated carbocycles. The SMILES string of the molecule is COc1ccc(C(=O)NC2CCN(C(=O)CCc3ccc(C)cc3)CC2)cc1. The van der Waals surface area contributed by atoms with Gasteiger partial charge in [0, 0.05) is 31.1 Å². The van der Waals surface area contributed by atoms with E-state index in [4.69, 9.17) is 4.74 Å². The van der Waals surface area contributed by atoms with Gasteiger partial charge in [-0.05, 0) is 56.0 Å². The summed E-state index contributed by atoms with van der Waals surface area (Å²) in [7, 11) is 1.60. The average Bonchev–Trinajstić information content (AvgIpc) is 2.73. The van der Waals surface area contributed by atoms with Crippen LogP contribution in [0.1, 0.15) is 40.7 Å². The third-order valence-electron chi connectivity index (χ3n) is 5.28. The Kier molecular flexibility index (Phi) is 6.69. The van der Waals surface area contributed by atoms with E-state index >= 15 is 0 Å². The highest BCUT2D eigenvalue weighted by molar-refractivity contribution is 5.94. The lowest BCUT2D eigenvalue weighted by Crippen LogP contribution is -2.46. The maximum Gasteiger partial charge on any atom is 0.251 e. The first-order valence-corrected chi connectivity index (χ1v) is 9.83. The highest BCUT2D eigenvalue weighted by Crippen LogP contribution is 2.15. The lowest BCUT2D eigenvalue weighted by Gasteiger charge is -2.32. The van der Waals surface area contributed by atoms with Crippen LogP contribution in [0.2, 0.25) is 0 Å². The zero-order valence-corrected chi connectivity index (χ0v) is 16.6. The summed E-state index contributed by atoms with van der Waals surface area (Å²) in [6.07, 6.45) is 2.88. The second kappa shape index (κ2) is 9.40. The number of piperidine rings is 1.